The fraction of sp³-hybridized carbons (Fsp3) is 0.233. The number of ether oxygens (including phenoxy) is 2. The van der Waals surface area contributed by atoms with Gasteiger partial charge < -0.3 is 14.8 Å². The minimum atomic E-state index is 0.109. The summed E-state index contributed by atoms with van der Waals surface area (Å²) >= 11 is 0. The molecule has 0 radical (unpaired) electrons. The van der Waals surface area contributed by atoms with E-state index in [1.54, 1.807) is 7.11 Å². The van der Waals surface area contributed by atoms with Crippen LogP contribution in [0.25, 0.3) is 17.2 Å². The van der Waals surface area contributed by atoms with Crippen LogP contribution in [0.1, 0.15) is 33.9 Å². The maximum absolute atomic E-state index is 6.15. The van der Waals surface area contributed by atoms with Crippen LogP contribution in [-0.2, 0) is 20.1 Å². The van der Waals surface area contributed by atoms with E-state index in [1.807, 2.05) is 42.3 Å². The van der Waals surface area contributed by atoms with Gasteiger partial charge >= 0.3 is 0 Å². The van der Waals surface area contributed by atoms with Crippen molar-refractivity contribution in [3.8, 4) is 22.6 Å². The fourth-order valence-corrected chi connectivity index (χ4v) is 4.55. The number of aryl methyl sites for hydroxylation is 2. The van der Waals surface area contributed by atoms with Crippen molar-refractivity contribution in [3.63, 3.8) is 0 Å². The lowest BCUT2D eigenvalue weighted by molar-refractivity contribution is 0.283. The van der Waals surface area contributed by atoms with Crippen LogP contribution in [0.15, 0.2) is 79.1 Å². The van der Waals surface area contributed by atoms with E-state index in [4.69, 9.17) is 9.47 Å². The number of hydrogen-bond donors (Lipinski definition) is 1. The summed E-state index contributed by atoms with van der Waals surface area (Å²) in [6, 6.07) is 21.1. The third kappa shape index (κ3) is 5.15. The second-order valence-electron chi connectivity index (χ2n) is 8.99. The van der Waals surface area contributed by atoms with Crippen LogP contribution < -0.4 is 14.8 Å². The van der Waals surface area contributed by atoms with Gasteiger partial charge in [0, 0.05) is 25.4 Å². The van der Waals surface area contributed by atoms with Gasteiger partial charge in [0.15, 0.2) is 11.5 Å². The molecular formula is C30H31N3O2. The average molecular weight is 466 g/mol. The zero-order valence-corrected chi connectivity index (χ0v) is 20.5. The zero-order valence-electron chi connectivity index (χ0n) is 20.5. The van der Waals surface area contributed by atoms with E-state index >= 15 is 0 Å². The Labute approximate surface area is 207 Å². The number of nitrogens with zero attached hydrogens (tertiary/aromatic N) is 2. The van der Waals surface area contributed by atoms with E-state index in [0.29, 0.717) is 6.61 Å². The van der Waals surface area contributed by atoms with E-state index in [1.165, 1.54) is 27.8 Å². The highest BCUT2D eigenvalue weighted by atomic mass is 16.5. The SMILES string of the molecule is COc1cc2c(cc1OCc1ccccc1)CCNC2/C=C/c1cc(-c2cnn(C)c2)ccc1C. The van der Waals surface area contributed by atoms with Gasteiger partial charge in [-0.15, -0.1) is 0 Å². The first kappa shape index (κ1) is 22.9. The highest BCUT2D eigenvalue weighted by molar-refractivity contribution is 5.68. The van der Waals surface area contributed by atoms with Gasteiger partial charge in [0.05, 0.1) is 19.3 Å². The van der Waals surface area contributed by atoms with Crippen molar-refractivity contribution in [1.82, 2.24) is 15.1 Å². The third-order valence-corrected chi connectivity index (χ3v) is 6.54. The molecule has 0 bridgehead atoms. The molecule has 0 amide bonds. The van der Waals surface area contributed by atoms with Crippen molar-refractivity contribution < 1.29 is 9.47 Å². The molecule has 4 aromatic rings. The molecule has 0 spiro atoms. The van der Waals surface area contributed by atoms with Crippen LogP contribution in [-0.4, -0.2) is 23.4 Å². The molecule has 0 saturated heterocycles. The highest BCUT2D eigenvalue weighted by Crippen LogP contribution is 2.36. The monoisotopic (exact) mass is 465 g/mol. The van der Waals surface area contributed by atoms with E-state index in [-0.39, 0.29) is 6.04 Å². The Bertz CT molecular complexity index is 1340. The Morgan fingerprint density at radius 3 is 2.69 bits per heavy atom. The number of methoxy groups -OCH3 is 1. The van der Waals surface area contributed by atoms with Crippen molar-refractivity contribution in [3.05, 3.63) is 107 Å². The van der Waals surface area contributed by atoms with Crippen LogP contribution >= 0.6 is 0 Å². The third-order valence-electron chi connectivity index (χ3n) is 6.54. The number of rotatable bonds is 7. The molecule has 1 N–H and O–H groups in total. The Hall–Kier alpha value is -3.83. The Kier molecular flexibility index (Phi) is 6.68. The normalized spacial score (nSPS) is 15.2. The second-order valence-corrected chi connectivity index (χ2v) is 8.99. The largest absolute Gasteiger partial charge is 0.493 e. The van der Waals surface area contributed by atoms with Crippen molar-refractivity contribution in [2.75, 3.05) is 13.7 Å². The van der Waals surface area contributed by atoms with Crippen molar-refractivity contribution in [1.29, 1.82) is 0 Å². The molecule has 1 unspecified atom stereocenters. The molecule has 5 nitrogen and oxygen atoms in total. The quantitative estimate of drug-likeness (QED) is 0.370. The van der Waals surface area contributed by atoms with Gasteiger partial charge in [-0.3, -0.25) is 4.68 Å². The number of nitrogens with one attached hydrogen (secondary N) is 1. The van der Waals surface area contributed by atoms with Crippen molar-refractivity contribution in [2.45, 2.75) is 26.0 Å². The fourth-order valence-electron chi connectivity index (χ4n) is 4.55. The van der Waals surface area contributed by atoms with Gasteiger partial charge in [0.2, 0.25) is 0 Å². The average Bonchev–Trinajstić information content (AvgIpc) is 3.33. The molecule has 1 aromatic heterocycles. The van der Waals surface area contributed by atoms with E-state index in [0.717, 1.165) is 35.6 Å². The Morgan fingerprint density at radius 1 is 1.06 bits per heavy atom. The molecule has 3 aromatic carbocycles. The summed E-state index contributed by atoms with van der Waals surface area (Å²) in [5.74, 6) is 1.55. The standard InChI is InChI=1S/C30H31N3O2/c1-21-9-10-24(26-18-32-33(2)19-26)15-23(21)11-12-28-27-17-29(34-3)30(16-25(27)13-14-31-28)35-20-22-7-5-4-6-8-22/h4-12,15-19,28,31H,13-14,20H2,1-3H3/b12-11+. The van der Waals surface area contributed by atoms with E-state index in [9.17, 15) is 0 Å². The number of benzene rings is 3. The highest BCUT2D eigenvalue weighted by Gasteiger charge is 2.21. The van der Waals surface area contributed by atoms with Crippen LogP contribution in [0.4, 0.5) is 0 Å². The number of hydrogen-bond acceptors (Lipinski definition) is 4. The summed E-state index contributed by atoms with van der Waals surface area (Å²) in [4.78, 5) is 0. The molecule has 178 valence electrons. The molecule has 5 heteroatoms. The van der Waals surface area contributed by atoms with Gasteiger partial charge in [-0.2, -0.15) is 5.10 Å². The van der Waals surface area contributed by atoms with Crippen LogP contribution in [0.5, 0.6) is 11.5 Å². The topological polar surface area (TPSA) is 48.3 Å². The molecule has 0 saturated carbocycles. The van der Waals surface area contributed by atoms with Crippen molar-refractivity contribution in [2.24, 2.45) is 7.05 Å². The van der Waals surface area contributed by atoms with Crippen molar-refractivity contribution >= 4 is 6.08 Å². The first-order valence-electron chi connectivity index (χ1n) is 12.0. The lowest BCUT2D eigenvalue weighted by Gasteiger charge is -2.26. The van der Waals surface area contributed by atoms with E-state index in [2.05, 4.69) is 72.0 Å². The first-order valence-corrected chi connectivity index (χ1v) is 12.0. The predicted molar refractivity (Wildman–Crippen MR) is 141 cm³/mol. The summed E-state index contributed by atoms with van der Waals surface area (Å²) in [6.45, 7) is 3.58. The zero-order chi connectivity index (χ0) is 24.2. The molecule has 2 heterocycles. The summed E-state index contributed by atoms with van der Waals surface area (Å²) < 4.78 is 13.7. The molecular weight excluding hydrogens is 434 g/mol. The maximum atomic E-state index is 6.15. The number of fused-ring (bicyclic) bond motifs is 1. The summed E-state index contributed by atoms with van der Waals surface area (Å²) in [5.41, 5.74) is 8.40. The Balaban J connectivity index is 1.39. The lowest BCUT2D eigenvalue weighted by atomic mass is 9.92. The maximum Gasteiger partial charge on any atom is 0.161 e. The summed E-state index contributed by atoms with van der Waals surface area (Å²) in [7, 11) is 3.64. The van der Waals surface area contributed by atoms with Gasteiger partial charge in [0.25, 0.3) is 0 Å². The van der Waals surface area contributed by atoms with Crippen LogP contribution in [0, 0.1) is 6.92 Å². The molecule has 1 atom stereocenters. The van der Waals surface area contributed by atoms with Gasteiger partial charge in [-0.25, -0.2) is 0 Å². The summed E-state index contributed by atoms with van der Waals surface area (Å²) in [5, 5.41) is 7.96. The molecule has 1 aliphatic rings. The lowest BCUT2D eigenvalue weighted by Crippen LogP contribution is -2.28. The minimum absolute atomic E-state index is 0.109. The van der Waals surface area contributed by atoms with Gasteiger partial charge in [-0.05, 0) is 64.9 Å². The van der Waals surface area contributed by atoms with Crippen LogP contribution in [0.2, 0.25) is 0 Å². The predicted octanol–water partition coefficient (Wildman–Crippen LogP) is 5.88. The molecule has 0 fully saturated rings. The second kappa shape index (κ2) is 10.2. The molecule has 5 rings (SSSR count). The first-order chi connectivity index (χ1) is 17.1. The molecule has 0 aliphatic carbocycles. The Morgan fingerprint density at radius 2 is 1.91 bits per heavy atom. The number of aromatic nitrogens is 2. The molecule has 1 aliphatic heterocycles. The van der Waals surface area contributed by atoms with Crippen LogP contribution in [0.3, 0.4) is 0 Å². The smallest absolute Gasteiger partial charge is 0.161 e. The minimum Gasteiger partial charge on any atom is -0.493 e. The van der Waals surface area contributed by atoms with E-state index < -0.39 is 0 Å². The molecule has 35 heavy (non-hydrogen) atoms. The van der Waals surface area contributed by atoms with Gasteiger partial charge in [0.1, 0.15) is 6.61 Å². The summed E-state index contributed by atoms with van der Waals surface area (Å²) in [6.07, 6.45) is 9.37. The van der Waals surface area contributed by atoms with Gasteiger partial charge in [-0.1, -0.05) is 54.6 Å².